The van der Waals surface area contributed by atoms with Gasteiger partial charge in [0.2, 0.25) is 11.8 Å². The van der Waals surface area contributed by atoms with Crippen molar-refractivity contribution in [2.24, 2.45) is 10.2 Å². The Kier molecular flexibility index (Phi) is 23.5. The van der Waals surface area contributed by atoms with Gasteiger partial charge in [0.25, 0.3) is 5.91 Å². The fourth-order valence-corrected chi connectivity index (χ4v) is 10.5. The van der Waals surface area contributed by atoms with Crippen molar-refractivity contribution in [2.45, 2.75) is 148 Å². The number of rotatable bonds is 32. The fraction of sp³-hybridized carbons (Fsp3) is 0.783. The number of nitrogens with one attached hydrogen (secondary N) is 5. The van der Waals surface area contributed by atoms with E-state index in [2.05, 4.69) is 36.8 Å². The standard InChI is InChI=1S/C46H70F3N7O19S/c47-46(48,49)45(55-56-45)24-9-10-26(41(65)52-25(21-72-39-29(19-57)74-42(66)37(63)35(39)61)22-73-40-30(20-58)75-43(67)38(64)36(40)62)28(18-24)71-17-16-70-15-14-69-13-12-51-33(60)7-2-1-5-11-50-32(59)8-4-3-6-31-34-27(23-76-31)53-44(68)54-34/h9-10,18,25,27,29-31,34-40,42-43,57-58,61-64,66-67H,1-8,11-17,19-23H2,(H,50,59)(H,51,60)(H,52,65)(H2,53,54,68)/t25?,27?,29-,30-,31?,34?,35-,36-,37+,38+,39-,40-,42?,43?/m1/s1. The molecule has 76 heavy (non-hydrogen) atoms. The summed E-state index contributed by atoms with van der Waals surface area (Å²) in [6, 6.07) is 1.81. The van der Waals surface area contributed by atoms with E-state index in [1.165, 1.54) is 0 Å². The molecule has 0 spiro atoms. The van der Waals surface area contributed by atoms with Gasteiger partial charge in [-0.05, 0) is 37.8 Å². The van der Waals surface area contributed by atoms with Crippen LogP contribution < -0.4 is 31.3 Å². The third-order valence-corrected chi connectivity index (χ3v) is 14.7. The molecule has 0 aliphatic carbocycles. The highest BCUT2D eigenvalue weighted by molar-refractivity contribution is 8.00. The number of carbonyl (C=O) groups is 4. The maximum absolute atomic E-state index is 14.1. The Morgan fingerprint density at radius 3 is 1.93 bits per heavy atom. The van der Waals surface area contributed by atoms with Crippen LogP contribution in [0.25, 0.3) is 0 Å². The van der Waals surface area contributed by atoms with Gasteiger partial charge in [-0.2, -0.15) is 24.9 Å². The van der Waals surface area contributed by atoms with Crippen LogP contribution in [0.3, 0.4) is 0 Å². The zero-order valence-corrected chi connectivity index (χ0v) is 42.3. The van der Waals surface area contributed by atoms with E-state index in [0.717, 1.165) is 56.1 Å². The number of alkyl halides is 3. The van der Waals surface area contributed by atoms with Crippen molar-refractivity contribution in [3.05, 3.63) is 29.3 Å². The third-order valence-electron chi connectivity index (χ3n) is 13.2. The molecule has 430 valence electrons. The molecule has 30 heteroatoms. The van der Waals surface area contributed by atoms with E-state index in [0.29, 0.717) is 31.1 Å². The Balaban J connectivity index is 0.905. The van der Waals surface area contributed by atoms with Crippen LogP contribution in [0.4, 0.5) is 18.0 Å². The molecular weight excluding hydrogens is 1040 g/mol. The van der Waals surface area contributed by atoms with E-state index in [1.54, 1.807) is 0 Å². The number of nitrogens with zero attached hydrogens (tertiary/aromatic N) is 2. The lowest BCUT2D eigenvalue weighted by molar-refractivity contribution is -0.299. The Morgan fingerprint density at radius 1 is 0.763 bits per heavy atom. The highest BCUT2D eigenvalue weighted by Gasteiger charge is 2.65. The van der Waals surface area contributed by atoms with E-state index in [4.69, 9.17) is 33.2 Å². The number of amides is 5. The number of hydrogen-bond acceptors (Lipinski definition) is 22. The van der Waals surface area contributed by atoms with Crippen LogP contribution in [0.5, 0.6) is 5.75 Å². The number of carbonyl (C=O) groups excluding carboxylic acids is 4. The molecule has 6 rings (SSSR count). The molecule has 4 fully saturated rings. The highest BCUT2D eigenvalue weighted by atomic mass is 32.2. The lowest BCUT2D eigenvalue weighted by Crippen LogP contribution is -2.61. The van der Waals surface area contributed by atoms with E-state index in [9.17, 15) is 73.2 Å². The first-order valence-corrected chi connectivity index (χ1v) is 26.2. The molecular formula is C46H70F3N7O19S. The number of hydrogen-bond donors (Lipinski definition) is 13. The molecule has 0 bridgehead atoms. The van der Waals surface area contributed by atoms with Crippen molar-refractivity contribution in [1.29, 1.82) is 0 Å². The smallest absolute Gasteiger partial charge is 0.442 e. The summed E-state index contributed by atoms with van der Waals surface area (Å²) in [7, 11) is 0. The normalized spacial score (nSPS) is 30.0. The predicted octanol–water partition coefficient (Wildman–Crippen LogP) is -2.47. The third kappa shape index (κ3) is 16.7. The van der Waals surface area contributed by atoms with Crippen molar-refractivity contribution in [2.75, 3.05) is 78.3 Å². The van der Waals surface area contributed by atoms with Gasteiger partial charge >= 0.3 is 17.9 Å². The maximum Gasteiger partial charge on any atom is 0.442 e. The van der Waals surface area contributed by atoms with Crippen LogP contribution in [0.1, 0.15) is 67.3 Å². The van der Waals surface area contributed by atoms with Gasteiger partial charge in [0.15, 0.2) is 12.6 Å². The molecule has 0 radical (unpaired) electrons. The Morgan fingerprint density at radius 2 is 1.34 bits per heavy atom. The Bertz CT molecular complexity index is 2030. The first kappa shape index (κ1) is 61.1. The van der Waals surface area contributed by atoms with Gasteiger partial charge in [-0.3, -0.25) is 14.4 Å². The monoisotopic (exact) mass is 1110 g/mol. The largest absolute Gasteiger partial charge is 0.490 e. The number of ether oxygens (including phenoxy) is 7. The summed E-state index contributed by atoms with van der Waals surface area (Å²) in [5.74, 6) is -0.612. The minimum Gasteiger partial charge on any atom is -0.490 e. The van der Waals surface area contributed by atoms with Crippen LogP contribution in [-0.2, 0) is 43.7 Å². The summed E-state index contributed by atoms with van der Waals surface area (Å²) in [5.41, 5.74) is -3.70. The zero-order chi connectivity index (χ0) is 55.0. The number of thioether (sulfide) groups is 1. The number of fused-ring (bicyclic) bond motifs is 1. The van der Waals surface area contributed by atoms with Crippen molar-refractivity contribution in [3.8, 4) is 5.75 Å². The molecule has 0 saturated carbocycles. The van der Waals surface area contributed by atoms with Crippen molar-refractivity contribution in [1.82, 2.24) is 26.6 Å². The molecule has 0 aromatic heterocycles. The molecule has 4 saturated heterocycles. The van der Waals surface area contributed by atoms with E-state index in [-0.39, 0.29) is 80.8 Å². The molecule has 1 aromatic rings. The molecule has 5 heterocycles. The fourth-order valence-electron chi connectivity index (χ4n) is 8.94. The number of urea groups is 1. The summed E-state index contributed by atoms with van der Waals surface area (Å²) in [4.78, 5) is 50.0. The Labute approximate surface area is 439 Å². The second-order valence-corrected chi connectivity index (χ2v) is 20.0. The lowest BCUT2D eigenvalue weighted by atomic mass is 9.98. The zero-order valence-electron chi connectivity index (χ0n) is 41.5. The van der Waals surface area contributed by atoms with E-state index >= 15 is 0 Å². The predicted molar refractivity (Wildman–Crippen MR) is 255 cm³/mol. The molecule has 5 amide bonds. The lowest BCUT2D eigenvalue weighted by Gasteiger charge is -2.41. The number of unbranched alkanes of at least 4 members (excludes halogenated alkanes) is 3. The number of aliphatic hydroxyl groups excluding tert-OH is 8. The topological polar surface area (TPSA) is 380 Å². The summed E-state index contributed by atoms with van der Waals surface area (Å²) in [6.45, 7) is -2.17. The number of aliphatic hydroxyl groups is 8. The molecule has 5 unspecified atom stereocenters. The van der Waals surface area contributed by atoms with E-state index in [1.807, 2.05) is 11.8 Å². The van der Waals surface area contributed by atoms with Crippen molar-refractivity contribution >= 4 is 35.5 Å². The van der Waals surface area contributed by atoms with Crippen LogP contribution in [-0.4, -0.2) is 234 Å². The van der Waals surface area contributed by atoms with Gasteiger partial charge in [0.05, 0.1) is 76.5 Å². The molecule has 13 N–H and O–H groups in total. The average molecular weight is 1110 g/mol. The summed E-state index contributed by atoms with van der Waals surface area (Å²) < 4.78 is 80.7. The molecule has 5 aliphatic rings. The second kappa shape index (κ2) is 29.2. The summed E-state index contributed by atoms with van der Waals surface area (Å²) in [5, 5.41) is 102. The average Bonchev–Trinajstić information content (AvgIpc) is 4.03. The van der Waals surface area contributed by atoms with Gasteiger partial charge < -0.3 is 101 Å². The number of halogens is 3. The summed E-state index contributed by atoms with van der Waals surface area (Å²) in [6.07, 6.45) is -16.4. The molecule has 1 aromatic carbocycles. The van der Waals surface area contributed by atoms with Gasteiger partial charge in [-0.25, -0.2) is 4.79 Å². The van der Waals surface area contributed by atoms with Crippen molar-refractivity contribution < 1.29 is 106 Å². The van der Waals surface area contributed by atoms with Crippen LogP contribution >= 0.6 is 11.8 Å². The molecule has 5 aliphatic heterocycles. The molecule has 13 atom stereocenters. The van der Waals surface area contributed by atoms with Crippen LogP contribution in [0.2, 0.25) is 0 Å². The van der Waals surface area contributed by atoms with E-state index < -0.39 is 117 Å². The summed E-state index contributed by atoms with van der Waals surface area (Å²) >= 11 is 1.85. The minimum atomic E-state index is -4.94. The van der Waals surface area contributed by atoms with Gasteiger partial charge in [-0.1, -0.05) is 18.9 Å². The van der Waals surface area contributed by atoms with Gasteiger partial charge in [-0.15, -0.1) is 10.2 Å². The highest BCUT2D eigenvalue weighted by Crippen LogP contribution is 2.53. The second-order valence-electron chi connectivity index (χ2n) is 18.8. The van der Waals surface area contributed by atoms with Crippen LogP contribution in [0, 0.1) is 0 Å². The van der Waals surface area contributed by atoms with Gasteiger partial charge in [0.1, 0.15) is 61.2 Å². The van der Waals surface area contributed by atoms with Crippen LogP contribution in [0.15, 0.2) is 28.4 Å². The SMILES string of the molecule is O=C(CCCCC1SCC2NC(=O)NC21)NCCCCCC(=O)NCCOCCOCCOc1cc(C2(C(F)(F)F)N=N2)ccc1C(=O)NC(CO[C@H]1[C@H](O)[C@H](O)C(O)O[C@@H]1CO)CO[C@H]1[C@H](O)[C@H](O)C(O)O[C@@H]1CO. The van der Waals surface area contributed by atoms with Gasteiger partial charge in [0, 0.05) is 42.5 Å². The quantitative estimate of drug-likeness (QED) is 0.0263. The number of benzene rings is 1. The molecule has 26 nitrogen and oxygen atoms in total. The minimum absolute atomic E-state index is 0.00397. The first-order valence-electron chi connectivity index (χ1n) is 25.2. The maximum atomic E-state index is 14.1. The van der Waals surface area contributed by atoms with Crippen molar-refractivity contribution in [3.63, 3.8) is 0 Å². The first-order chi connectivity index (χ1) is 36.4. The Hall–Kier alpha value is -4.12.